The molecular formula is C10H7ClF2N2O2. The van der Waals surface area contributed by atoms with Gasteiger partial charge in [0.2, 0.25) is 5.88 Å². The number of hydrogen-bond donors (Lipinski definition) is 1. The van der Waals surface area contributed by atoms with Crippen molar-refractivity contribution in [3.8, 4) is 17.0 Å². The molecule has 0 radical (unpaired) electrons. The summed E-state index contributed by atoms with van der Waals surface area (Å²) in [6, 6.07) is 2.07. The van der Waals surface area contributed by atoms with E-state index in [-0.39, 0.29) is 27.9 Å². The summed E-state index contributed by atoms with van der Waals surface area (Å²) in [5.74, 6) is -2.28. The minimum atomic E-state index is -1.13. The van der Waals surface area contributed by atoms with E-state index >= 15 is 0 Å². The summed E-state index contributed by atoms with van der Waals surface area (Å²) in [6.45, 7) is 0. The highest BCUT2D eigenvalue weighted by atomic mass is 35.5. The van der Waals surface area contributed by atoms with Gasteiger partial charge in [-0.2, -0.15) is 0 Å². The molecule has 7 heteroatoms. The highest BCUT2D eigenvalue weighted by Crippen LogP contribution is 2.39. The van der Waals surface area contributed by atoms with Crippen LogP contribution in [0.2, 0.25) is 5.02 Å². The molecule has 90 valence electrons. The normalized spacial score (nSPS) is 10.6. The number of aromatic nitrogens is 1. The smallest absolute Gasteiger partial charge is 0.222 e. The van der Waals surface area contributed by atoms with Crippen LogP contribution in [0.5, 0.6) is 5.75 Å². The van der Waals surface area contributed by atoms with E-state index in [1.165, 1.54) is 13.2 Å². The van der Waals surface area contributed by atoms with Crippen molar-refractivity contribution in [3.63, 3.8) is 0 Å². The Bertz CT molecular complexity index is 572. The van der Waals surface area contributed by atoms with Gasteiger partial charge in [0, 0.05) is 6.07 Å². The fraction of sp³-hybridized carbons (Fsp3) is 0.100. The maximum absolute atomic E-state index is 13.7. The van der Waals surface area contributed by atoms with Gasteiger partial charge in [-0.25, -0.2) is 8.78 Å². The molecule has 1 aromatic heterocycles. The number of hydrogen-bond acceptors (Lipinski definition) is 4. The molecule has 0 atom stereocenters. The van der Waals surface area contributed by atoms with Crippen molar-refractivity contribution < 1.29 is 18.0 Å². The summed E-state index contributed by atoms with van der Waals surface area (Å²) in [5.41, 5.74) is 5.10. The number of nitrogens with two attached hydrogens (primary N) is 1. The predicted molar refractivity (Wildman–Crippen MR) is 57.8 cm³/mol. The number of anilines is 1. The molecule has 0 bridgehead atoms. The molecule has 0 aliphatic heterocycles. The zero-order chi connectivity index (χ0) is 12.6. The zero-order valence-corrected chi connectivity index (χ0v) is 9.39. The third-order valence-corrected chi connectivity index (χ3v) is 2.40. The predicted octanol–water partition coefficient (Wildman–Crippen LogP) is 2.86. The van der Waals surface area contributed by atoms with Crippen LogP contribution in [-0.4, -0.2) is 12.3 Å². The lowest BCUT2D eigenvalue weighted by Crippen LogP contribution is -1.96. The number of methoxy groups -OCH3 is 1. The number of nitrogens with zero attached hydrogens (tertiary/aromatic N) is 1. The minimum absolute atomic E-state index is 0.0123. The van der Waals surface area contributed by atoms with E-state index < -0.39 is 11.6 Å². The van der Waals surface area contributed by atoms with Gasteiger partial charge in [-0.3, -0.25) is 0 Å². The van der Waals surface area contributed by atoms with Gasteiger partial charge in [0.15, 0.2) is 11.6 Å². The average Bonchev–Trinajstić information content (AvgIpc) is 2.69. The van der Waals surface area contributed by atoms with E-state index in [2.05, 4.69) is 9.68 Å². The number of ether oxygens (including phenoxy) is 1. The van der Waals surface area contributed by atoms with E-state index in [0.717, 1.165) is 6.07 Å². The second-order valence-electron chi connectivity index (χ2n) is 3.18. The monoisotopic (exact) mass is 260 g/mol. The SMILES string of the molecule is COc1c(Cl)cc(F)c(F)c1-c1cc(N)on1. The summed E-state index contributed by atoms with van der Waals surface area (Å²) in [5, 5.41) is 3.43. The Morgan fingerprint density at radius 2 is 2.12 bits per heavy atom. The molecule has 2 N–H and O–H groups in total. The molecule has 0 amide bonds. The van der Waals surface area contributed by atoms with Crippen molar-refractivity contribution in [1.29, 1.82) is 0 Å². The Morgan fingerprint density at radius 3 is 2.65 bits per heavy atom. The first kappa shape index (κ1) is 11.7. The number of benzene rings is 1. The lowest BCUT2D eigenvalue weighted by atomic mass is 10.1. The van der Waals surface area contributed by atoms with Crippen LogP contribution in [0, 0.1) is 11.6 Å². The Balaban J connectivity index is 2.74. The van der Waals surface area contributed by atoms with Crippen LogP contribution in [-0.2, 0) is 0 Å². The zero-order valence-electron chi connectivity index (χ0n) is 8.63. The van der Waals surface area contributed by atoms with Crippen molar-refractivity contribution in [1.82, 2.24) is 5.16 Å². The van der Waals surface area contributed by atoms with E-state index in [4.69, 9.17) is 22.1 Å². The van der Waals surface area contributed by atoms with E-state index in [0.29, 0.717) is 0 Å². The van der Waals surface area contributed by atoms with Crippen LogP contribution in [0.3, 0.4) is 0 Å². The third-order valence-electron chi connectivity index (χ3n) is 2.12. The Morgan fingerprint density at radius 1 is 1.41 bits per heavy atom. The minimum Gasteiger partial charge on any atom is -0.494 e. The fourth-order valence-electron chi connectivity index (χ4n) is 1.41. The fourth-order valence-corrected chi connectivity index (χ4v) is 1.68. The van der Waals surface area contributed by atoms with Crippen molar-refractivity contribution >= 4 is 17.5 Å². The second kappa shape index (κ2) is 4.21. The largest absolute Gasteiger partial charge is 0.494 e. The van der Waals surface area contributed by atoms with Gasteiger partial charge in [0.05, 0.1) is 17.7 Å². The van der Waals surface area contributed by atoms with Gasteiger partial charge in [-0.1, -0.05) is 16.8 Å². The molecule has 0 fully saturated rings. The Hall–Kier alpha value is -1.82. The second-order valence-corrected chi connectivity index (χ2v) is 3.58. The van der Waals surface area contributed by atoms with Crippen molar-refractivity contribution in [2.24, 2.45) is 0 Å². The quantitative estimate of drug-likeness (QED) is 0.844. The van der Waals surface area contributed by atoms with Gasteiger partial charge >= 0.3 is 0 Å². The van der Waals surface area contributed by atoms with E-state index in [9.17, 15) is 8.78 Å². The molecular weight excluding hydrogens is 254 g/mol. The third kappa shape index (κ3) is 1.91. The van der Waals surface area contributed by atoms with Gasteiger partial charge < -0.3 is 15.0 Å². The molecule has 0 unspecified atom stereocenters. The lowest BCUT2D eigenvalue weighted by Gasteiger charge is -2.09. The van der Waals surface area contributed by atoms with E-state index in [1.54, 1.807) is 0 Å². The van der Waals surface area contributed by atoms with Gasteiger partial charge in [-0.05, 0) is 6.07 Å². The molecule has 17 heavy (non-hydrogen) atoms. The van der Waals surface area contributed by atoms with Crippen LogP contribution in [0.25, 0.3) is 11.3 Å². The molecule has 2 aromatic rings. The molecule has 2 rings (SSSR count). The van der Waals surface area contributed by atoms with Crippen molar-refractivity contribution in [3.05, 3.63) is 28.8 Å². The summed E-state index contributed by atoms with van der Waals surface area (Å²) >= 11 is 5.74. The molecule has 1 aromatic carbocycles. The summed E-state index contributed by atoms with van der Waals surface area (Å²) in [6.07, 6.45) is 0. The van der Waals surface area contributed by atoms with Gasteiger partial charge in [-0.15, -0.1) is 0 Å². The first-order valence-corrected chi connectivity index (χ1v) is 4.86. The summed E-state index contributed by atoms with van der Waals surface area (Å²) in [4.78, 5) is 0. The van der Waals surface area contributed by atoms with Crippen LogP contribution < -0.4 is 10.5 Å². The van der Waals surface area contributed by atoms with Crippen LogP contribution in [0.4, 0.5) is 14.7 Å². The van der Waals surface area contributed by atoms with Gasteiger partial charge in [0.25, 0.3) is 0 Å². The van der Waals surface area contributed by atoms with Crippen LogP contribution in [0.15, 0.2) is 16.7 Å². The molecule has 0 aliphatic rings. The van der Waals surface area contributed by atoms with Gasteiger partial charge in [0.1, 0.15) is 11.4 Å². The average molecular weight is 261 g/mol. The van der Waals surface area contributed by atoms with Crippen molar-refractivity contribution in [2.75, 3.05) is 12.8 Å². The maximum Gasteiger partial charge on any atom is 0.222 e. The van der Waals surface area contributed by atoms with Crippen LogP contribution >= 0.6 is 11.6 Å². The lowest BCUT2D eigenvalue weighted by molar-refractivity contribution is 0.406. The summed E-state index contributed by atoms with van der Waals surface area (Å²) in [7, 11) is 1.28. The standard InChI is InChI=1S/C10H7ClF2N2O2/c1-16-10-4(11)2-5(12)9(13)8(10)6-3-7(14)17-15-6/h2-3H,14H2,1H3. The molecule has 0 spiro atoms. The molecule has 0 saturated carbocycles. The first-order valence-electron chi connectivity index (χ1n) is 4.48. The highest BCUT2D eigenvalue weighted by Gasteiger charge is 2.22. The Kier molecular flexibility index (Phi) is 2.89. The Labute approximate surface area is 99.9 Å². The number of nitrogen functional groups attached to an aromatic ring is 1. The topological polar surface area (TPSA) is 61.3 Å². The van der Waals surface area contributed by atoms with E-state index in [1.807, 2.05) is 0 Å². The maximum atomic E-state index is 13.7. The highest BCUT2D eigenvalue weighted by molar-refractivity contribution is 6.32. The molecule has 1 heterocycles. The van der Waals surface area contributed by atoms with Crippen molar-refractivity contribution in [2.45, 2.75) is 0 Å². The molecule has 4 nitrogen and oxygen atoms in total. The first-order chi connectivity index (χ1) is 8.04. The molecule has 0 saturated heterocycles. The number of rotatable bonds is 2. The molecule has 0 aliphatic carbocycles. The van der Waals surface area contributed by atoms with Crippen LogP contribution in [0.1, 0.15) is 0 Å². The number of halogens is 3. The summed E-state index contributed by atoms with van der Waals surface area (Å²) < 4.78 is 36.4.